The smallest absolute Gasteiger partial charge is 0.311 e. The lowest BCUT2D eigenvalue weighted by molar-refractivity contribution is -0.159. The van der Waals surface area contributed by atoms with Crippen LogP contribution in [0.1, 0.15) is 63.0 Å². The lowest BCUT2D eigenvalue weighted by atomic mass is 9.76. The Bertz CT molecular complexity index is 564. The number of piperidine rings is 1. The first kappa shape index (κ1) is 17.5. The van der Waals surface area contributed by atoms with Crippen molar-refractivity contribution in [1.29, 1.82) is 0 Å². The minimum atomic E-state index is -0.0305. The number of hydrogen-bond donors (Lipinski definition) is 0. The maximum Gasteiger partial charge on any atom is 0.311 e. The topological polar surface area (TPSA) is 29.5 Å². The number of carbonyl (C=O) groups excluding carboxylic acids is 1. The Hall–Kier alpha value is -1.35. The molecule has 2 saturated heterocycles. The monoisotopic (exact) mass is 329 g/mol. The molecular formula is C21H31NO2. The largest absolute Gasteiger partial charge is 0.462 e. The summed E-state index contributed by atoms with van der Waals surface area (Å²) in [7, 11) is 2.19. The van der Waals surface area contributed by atoms with E-state index in [-0.39, 0.29) is 18.0 Å². The van der Waals surface area contributed by atoms with Gasteiger partial charge in [-0.15, -0.1) is 0 Å². The Morgan fingerprint density at radius 1 is 1.21 bits per heavy atom. The van der Waals surface area contributed by atoms with Crippen LogP contribution in [0.4, 0.5) is 0 Å². The van der Waals surface area contributed by atoms with E-state index in [1.807, 2.05) is 0 Å². The van der Waals surface area contributed by atoms with Crippen LogP contribution in [0.2, 0.25) is 0 Å². The van der Waals surface area contributed by atoms with Gasteiger partial charge in [-0.05, 0) is 51.6 Å². The summed E-state index contributed by atoms with van der Waals surface area (Å²) in [6.07, 6.45) is 5.24. The molecule has 3 rings (SSSR count). The number of esters is 1. The number of ether oxygens (including phenoxy) is 1. The van der Waals surface area contributed by atoms with Crippen LogP contribution in [0.5, 0.6) is 0 Å². The molecule has 2 aliphatic heterocycles. The fourth-order valence-electron chi connectivity index (χ4n) is 4.64. The van der Waals surface area contributed by atoms with Crippen LogP contribution in [-0.2, 0) is 9.53 Å². The first-order valence-electron chi connectivity index (χ1n) is 9.54. The number of nitrogens with zero attached hydrogens (tertiary/aromatic N) is 1. The van der Waals surface area contributed by atoms with Gasteiger partial charge < -0.3 is 4.74 Å². The molecule has 2 bridgehead atoms. The molecule has 132 valence electrons. The zero-order valence-electron chi connectivity index (χ0n) is 15.5. The Balaban J connectivity index is 1.87. The second kappa shape index (κ2) is 7.26. The van der Waals surface area contributed by atoms with Gasteiger partial charge in [0, 0.05) is 18.0 Å². The number of carbonyl (C=O) groups is 1. The maximum absolute atomic E-state index is 13.1. The van der Waals surface area contributed by atoms with Crippen molar-refractivity contribution < 1.29 is 9.53 Å². The van der Waals surface area contributed by atoms with Crippen LogP contribution in [-0.4, -0.2) is 36.1 Å². The molecule has 3 nitrogen and oxygen atoms in total. The van der Waals surface area contributed by atoms with Crippen LogP contribution in [0.15, 0.2) is 24.3 Å². The van der Waals surface area contributed by atoms with Crippen molar-refractivity contribution in [1.82, 2.24) is 4.90 Å². The highest BCUT2D eigenvalue weighted by Gasteiger charge is 2.49. The highest BCUT2D eigenvalue weighted by atomic mass is 16.5. The zero-order chi connectivity index (χ0) is 17.3. The summed E-state index contributed by atoms with van der Waals surface area (Å²) in [5, 5.41) is 0. The predicted molar refractivity (Wildman–Crippen MR) is 97.1 cm³/mol. The molecule has 1 aromatic rings. The van der Waals surface area contributed by atoms with Crippen molar-refractivity contribution in [3.63, 3.8) is 0 Å². The Kier molecular flexibility index (Phi) is 5.29. The van der Waals surface area contributed by atoms with Gasteiger partial charge in [0.2, 0.25) is 0 Å². The third-order valence-electron chi connectivity index (χ3n) is 6.24. The first-order chi connectivity index (χ1) is 11.5. The Morgan fingerprint density at radius 2 is 1.88 bits per heavy atom. The van der Waals surface area contributed by atoms with Crippen LogP contribution in [0.3, 0.4) is 0 Å². The zero-order valence-corrected chi connectivity index (χ0v) is 15.5. The number of benzene rings is 1. The molecule has 1 aromatic carbocycles. The normalized spacial score (nSPS) is 29.9. The summed E-state index contributed by atoms with van der Waals surface area (Å²) in [6, 6.07) is 9.69. The van der Waals surface area contributed by atoms with Crippen molar-refractivity contribution in [2.75, 3.05) is 7.05 Å². The molecule has 3 heteroatoms. The van der Waals surface area contributed by atoms with Crippen molar-refractivity contribution in [3.8, 4) is 0 Å². The van der Waals surface area contributed by atoms with Gasteiger partial charge in [0.1, 0.15) is 6.10 Å². The van der Waals surface area contributed by atoms with Crippen molar-refractivity contribution in [3.05, 3.63) is 35.4 Å². The van der Waals surface area contributed by atoms with Gasteiger partial charge >= 0.3 is 5.97 Å². The van der Waals surface area contributed by atoms with Gasteiger partial charge in [0.05, 0.1) is 5.92 Å². The molecule has 24 heavy (non-hydrogen) atoms. The third-order valence-corrected chi connectivity index (χ3v) is 6.24. The molecule has 2 heterocycles. The van der Waals surface area contributed by atoms with E-state index in [2.05, 4.69) is 57.0 Å². The molecule has 0 spiro atoms. The maximum atomic E-state index is 13.1. The molecule has 0 amide bonds. The molecule has 4 atom stereocenters. The van der Waals surface area contributed by atoms with Crippen LogP contribution >= 0.6 is 0 Å². The lowest BCUT2D eigenvalue weighted by Crippen LogP contribution is -2.49. The molecule has 0 radical (unpaired) electrons. The fraction of sp³-hybridized carbons (Fsp3) is 0.667. The number of fused-ring (bicyclic) bond motifs is 2. The van der Waals surface area contributed by atoms with Gasteiger partial charge in [0.15, 0.2) is 0 Å². The number of rotatable bonds is 5. The van der Waals surface area contributed by atoms with Crippen LogP contribution in [0, 0.1) is 12.8 Å². The average molecular weight is 329 g/mol. The summed E-state index contributed by atoms with van der Waals surface area (Å²) in [5.41, 5.74) is 2.57. The predicted octanol–water partition coefficient (Wildman–Crippen LogP) is 4.29. The van der Waals surface area contributed by atoms with Gasteiger partial charge in [-0.1, -0.05) is 43.7 Å². The molecule has 0 N–H and O–H groups in total. The standard InChI is InChI=1S/C21H31NO2/c1-5-17(6-2)24-21(23)20-18(15-9-7-14(3)8-10-15)13-16-11-12-19(20)22(16)4/h7-10,16-20H,5-6,11-13H2,1-4H3/t16-,18+,19+,20-/m0/s1. The van der Waals surface area contributed by atoms with E-state index in [0.29, 0.717) is 18.0 Å². The van der Waals surface area contributed by atoms with Crippen molar-refractivity contribution in [2.45, 2.75) is 77.0 Å². The molecule has 0 aromatic heterocycles. The fourth-order valence-corrected chi connectivity index (χ4v) is 4.64. The highest BCUT2D eigenvalue weighted by Crippen LogP contribution is 2.46. The molecule has 0 saturated carbocycles. The minimum absolute atomic E-state index is 0.0199. The quantitative estimate of drug-likeness (QED) is 0.755. The van der Waals surface area contributed by atoms with E-state index < -0.39 is 0 Å². The minimum Gasteiger partial charge on any atom is -0.462 e. The molecular weight excluding hydrogens is 298 g/mol. The van der Waals surface area contributed by atoms with Gasteiger partial charge in [0.25, 0.3) is 0 Å². The van der Waals surface area contributed by atoms with Crippen LogP contribution in [0.25, 0.3) is 0 Å². The first-order valence-corrected chi connectivity index (χ1v) is 9.54. The summed E-state index contributed by atoms with van der Waals surface area (Å²) in [5.74, 6) is 0.282. The Morgan fingerprint density at radius 3 is 2.50 bits per heavy atom. The molecule has 0 unspecified atom stereocenters. The van der Waals surface area contributed by atoms with E-state index in [4.69, 9.17) is 4.74 Å². The summed E-state index contributed by atoms with van der Waals surface area (Å²) < 4.78 is 5.90. The molecule has 2 fully saturated rings. The SMILES string of the molecule is CCC(CC)OC(=O)[C@H]1[C@@H](c2ccc(C)cc2)C[C@@H]2CC[C@H]1N2C. The Labute approximate surface area is 146 Å². The second-order valence-corrected chi connectivity index (χ2v) is 7.62. The number of aryl methyl sites for hydroxylation is 1. The van der Waals surface area contributed by atoms with E-state index in [1.165, 1.54) is 17.5 Å². The third kappa shape index (κ3) is 3.23. The van der Waals surface area contributed by atoms with Gasteiger partial charge in [-0.3, -0.25) is 9.69 Å². The molecule has 0 aliphatic carbocycles. The van der Waals surface area contributed by atoms with Gasteiger partial charge in [-0.25, -0.2) is 0 Å². The summed E-state index contributed by atoms with van der Waals surface area (Å²) >= 11 is 0. The van der Waals surface area contributed by atoms with E-state index in [9.17, 15) is 4.79 Å². The van der Waals surface area contributed by atoms with Crippen molar-refractivity contribution >= 4 is 5.97 Å². The summed E-state index contributed by atoms with van der Waals surface area (Å²) in [6.45, 7) is 6.30. The van der Waals surface area contributed by atoms with Gasteiger partial charge in [-0.2, -0.15) is 0 Å². The van der Waals surface area contributed by atoms with Crippen molar-refractivity contribution in [2.24, 2.45) is 5.92 Å². The lowest BCUT2D eigenvalue weighted by Gasteiger charge is -2.42. The van der Waals surface area contributed by atoms with E-state index >= 15 is 0 Å². The van der Waals surface area contributed by atoms with Crippen LogP contribution < -0.4 is 0 Å². The second-order valence-electron chi connectivity index (χ2n) is 7.62. The number of hydrogen-bond acceptors (Lipinski definition) is 3. The average Bonchev–Trinajstić information content (AvgIpc) is 2.83. The van der Waals surface area contributed by atoms with E-state index in [0.717, 1.165) is 25.7 Å². The molecule has 2 aliphatic rings. The van der Waals surface area contributed by atoms with E-state index in [1.54, 1.807) is 0 Å². The highest BCUT2D eigenvalue weighted by molar-refractivity contribution is 5.75. The summed E-state index contributed by atoms with van der Waals surface area (Å²) in [4.78, 5) is 15.5.